The summed E-state index contributed by atoms with van der Waals surface area (Å²) in [6.07, 6.45) is 0. The first-order valence-corrected chi connectivity index (χ1v) is 5.77. The van der Waals surface area contributed by atoms with Crippen molar-refractivity contribution in [2.24, 2.45) is 5.92 Å². The van der Waals surface area contributed by atoms with Crippen molar-refractivity contribution in [3.63, 3.8) is 0 Å². The van der Waals surface area contributed by atoms with Gasteiger partial charge in [-0.05, 0) is 33.0 Å². The average Bonchev–Trinajstić information content (AvgIpc) is 2.86. The third-order valence-corrected chi connectivity index (χ3v) is 2.87. The Hall–Kier alpha value is -1.80. The summed E-state index contributed by atoms with van der Waals surface area (Å²) in [5.74, 6) is 0.345. The van der Waals surface area contributed by atoms with Gasteiger partial charge in [0.05, 0.1) is 25.1 Å². The molecule has 2 atom stereocenters. The van der Waals surface area contributed by atoms with Crippen molar-refractivity contribution in [2.45, 2.75) is 19.9 Å². The van der Waals surface area contributed by atoms with Gasteiger partial charge in [-0.15, -0.1) is 0 Å². The van der Waals surface area contributed by atoms with Gasteiger partial charge in [0.1, 0.15) is 5.76 Å². The van der Waals surface area contributed by atoms with E-state index in [1.807, 2.05) is 25.8 Å². The molecule has 0 bridgehead atoms. The van der Waals surface area contributed by atoms with E-state index in [2.05, 4.69) is 10.8 Å². The normalized spacial score (nSPS) is 14.0. The van der Waals surface area contributed by atoms with E-state index in [0.29, 0.717) is 12.3 Å². The Labute approximate surface area is 107 Å². The molecule has 5 heteroatoms. The number of furan rings is 1. The Morgan fingerprint density at radius 2 is 2.22 bits per heavy atom. The van der Waals surface area contributed by atoms with Gasteiger partial charge in [-0.25, -0.2) is 4.79 Å². The van der Waals surface area contributed by atoms with Crippen molar-refractivity contribution in [3.8, 4) is 6.07 Å². The smallest absolute Gasteiger partial charge is 0.373 e. The Balaban J connectivity index is 2.72. The average molecular weight is 250 g/mol. The van der Waals surface area contributed by atoms with E-state index in [4.69, 9.17) is 9.68 Å². The van der Waals surface area contributed by atoms with Crippen molar-refractivity contribution >= 4 is 5.97 Å². The van der Waals surface area contributed by atoms with Crippen LogP contribution in [0, 0.1) is 17.2 Å². The minimum Gasteiger partial charge on any atom is -0.463 e. The van der Waals surface area contributed by atoms with E-state index >= 15 is 0 Å². The fourth-order valence-electron chi connectivity index (χ4n) is 1.64. The minimum absolute atomic E-state index is 0.000735. The van der Waals surface area contributed by atoms with Crippen molar-refractivity contribution in [1.82, 2.24) is 4.90 Å². The van der Waals surface area contributed by atoms with E-state index in [9.17, 15) is 4.79 Å². The topological polar surface area (TPSA) is 66.5 Å². The zero-order valence-electron chi connectivity index (χ0n) is 11.1. The number of hydrogen-bond acceptors (Lipinski definition) is 5. The molecule has 5 nitrogen and oxygen atoms in total. The SMILES string of the molecule is COC(=O)c1ccc(C(C)N(C)CC(C)C#N)o1. The highest BCUT2D eigenvalue weighted by Crippen LogP contribution is 2.22. The van der Waals surface area contributed by atoms with Gasteiger partial charge in [0, 0.05) is 6.54 Å². The van der Waals surface area contributed by atoms with Gasteiger partial charge in [-0.1, -0.05) is 0 Å². The summed E-state index contributed by atoms with van der Waals surface area (Å²) in [7, 11) is 3.23. The van der Waals surface area contributed by atoms with Crippen LogP contribution in [0.2, 0.25) is 0 Å². The monoisotopic (exact) mass is 250 g/mol. The molecule has 18 heavy (non-hydrogen) atoms. The maximum absolute atomic E-state index is 11.3. The second kappa shape index (κ2) is 6.22. The number of methoxy groups -OCH3 is 1. The standard InChI is InChI=1S/C13H18N2O3/c1-9(7-14)8-15(3)10(2)11-5-6-12(18-11)13(16)17-4/h5-6,9-10H,8H2,1-4H3. The quantitative estimate of drug-likeness (QED) is 0.749. The summed E-state index contributed by atoms with van der Waals surface area (Å²) in [4.78, 5) is 13.3. The minimum atomic E-state index is -0.485. The third kappa shape index (κ3) is 3.34. The van der Waals surface area contributed by atoms with Crippen molar-refractivity contribution in [1.29, 1.82) is 5.26 Å². The lowest BCUT2D eigenvalue weighted by molar-refractivity contribution is 0.0559. The number of carbonyl (C=O) groups excluding carboxylic acids is 1. The maximum atomic E-state index is 11.3. The van der Waals surface area contributed by atoms with E-state index in [-0.39, 0.29) is 17.7 Å². The zero-order valence-corrected chi connectivity index (χ0v) is 11.1. The van der Waals surface area contributed by atoms with Crippen LogP contribution in [0.3, 0.4) is 0 Å². The Bertz CT molecular complexity index is 447. The molecule has 1 aromatic heterocycles. The van der Waals surface area contributed by atoms with Gasteiger partial charge in [-0.2, -0.15) is 5.26 Å². The van der Waals surface area contributed by atoms with Gasteiger partial charge in [-0.3, -0.25) is 4.90 Å². The molecule has 0 radical (unpaired) electrons. The molecular weight excluding hydrogens is 232 g/mol. The Morgan fingerprint density at radius 3 is 2.78 bits per heavy atom. The number of hydrogen-bond donors (Lipinski definition) is 0. The predicted molar refractivity (Wildman–Crippen MR) is 65.9 cm³/mol. The Kier molecular flexibility index (Phi) is 4.93. The molecule has 0 amide bonds. The van der Waals surface area contributed by atoms with Crippen LogP contribution in [0.1, 0.15) is 36.2 Å². The molecule has 0 fully saturated rings. The van der Waals surface area contributed by atoms with Crippen molar-refractivity contribution in [2.75, 3.05) is 20.7 Å². The van der Waals surface area contributed by atoms with Gasteiger partial charge >= 0.3 is 5.97 Å². The molecule has 98 valence electrons. The van der Waals surface area contributed by atoms with Crippen molar-refractivity contribution < 1.29 is 13.9 Å². The van der Waals surface area contributed by atoms with E-state index in [1.54, 1.807) is 12.1 Å². The molecule has 0 aliphatic heterocycles. The van der Waals surface area contributed by atoms with Gasteiger partial charge in [0.2, 0.25) is 5.76 Å². The lowest BCUT2D eigenvalue weighted by Gasteiger charge is -2.23. The zero-order chi connectivity index (χ0) is 13.7. The second-order valence-electron chi connectivity index (χ2n) is 4.34. The molecule has 1 aromatic rings. The number of esters is 1. The molecule has 0 aliphatic rings. The van der Waals surface area contributed by atoms with Crippen LogP contribution in [0.4, 0.5) is 0 Å². The van der Waals surface area contributed by atoms with E-state index in [0.717, 1.165) is 0 Å². The number of carbonyl (C=O) groups is 1. The summed E-state index contributed by atoms with van der Waals surface area (Å²) in [5.41, 5.74) is 0. The molecule has 2 unspecified atom stereocenters. The lowest BCUT2D eigenvalue weighted by atomic mass is 10.1. The maximum Gasteiger partial charge on any atom is 0.373 e. The molecule has 0 saturated heterocycles. The first-order valence-electron chi connectivity index (χ1n) is 5.77. The highest BCUT2D eigenvalue weighted by molar-refractivity contribution is 5.86. The molecule has 0 saturated carbocycles. The molecule has 0 N–H and O–H groups in total. The number of rotatable bonds is 5. The first kappa shape index (κ1) is 14.3. The van der Waals surface area contributed by atoms with E-state index < -0.39 is 5.97 Å². The van der Waals surface area contributed by atoms with Crippen LogP contribution in [0.15, 0.2) is 16.5 Å². The summed E-state index contributed by atoms with van der Waals surface area (Å²) >= 11 is 0. The highest BCUT2D eigenvalue weighted by atomic mass is 16.5. The van der Waals surface area contributed by atoms with Crippen molar-refractivity contribution in [3.05, 3.63) is 23.7 Å². The van der Waals surface area contributed by atoms with Gasteiger partial charge < -0.3 is 9.15 Å². The Morgan fingerprint density at radius 1 is 1.56 bits per heavy atom. The number of nitriles is 1. The van der Waals surface area contributed by atoms with Gasteiger partial charge in [0.15, 0.2) is 0 Å². The lowest BCUT2D eigenvalue weighted by Crippen LogP contribution is -2.26. The fraction of sp³-hybridized carbons (Fsp3) is 0.538. The van der Waals surface area contributed by atoms with Crippen LogP contribution in [0.5, 0.6) is 0 Å². The molecular formula is C13H18N2O3. The first-order chi connectivity index (χ1) is 8.49. The summed E-state index contributed by atoms with van der Waals surface area (Å²) in [6, 6.07) is 5.54. The van der Waals surface area contributed by atoms with Crippen LogP contribution in [-0.4, -0.2) is 31.6 Å². The van der Waals surface area contributed by atoms with Crippen LogP contribution in [-0.2, 0) is 4.74 Å². The molecule has 1 rings (SSSR count). The molecule has 0 aromatic carbocycles. The van der Waals surface area contributed by atoms with Crippen LogP contribution >= 0.6 is 0 Å². The summed E-state index contributed by atoms with van der Waals surface area (Å²) in [5, 5.41) is 8.78. The van der Waals surface area contributed by atoms with E-state index in [1.165, 1.54) is 7.11 Å². The van der Waals surface area contributed by atoms with Crippen LogP contribution in [0.25, 0.3) is 0 Å². The summed E-state index contributed by atoms with van der Waals surface area (Å²) < 4.78 is 10.0. The highest BCUT2D eigenvalue weighted by Gasteiger charge is 2.19. The third-order valence-electron chi connectivity index (χ3n) is 2.87. The largest absolute Gasteiger partial charge is 0.463 e. The van der Waals surface area contributed by atoms with Crippen LogP contribution < -0.4 is 0 Å². The molecule has 1 heterocycles. The van der Waals surface area contributed by atoms with Gasteiger partial charge in [0.25, 0.3) is 0 Å². The predicted octanol–water partition coefficient (Wildman–Crippen LogP) is 2.22. The number of nitrogens with zero attached hydrogens (tertiary/aromatic N) is 2. The summed E-state index contributed by atoms with van der Waals surface area (Å²) in [6.45, 7) is 4.47. The second-order valence-corrected chi connectivity index (χ2v) is 4.34. The number of ether oxygens (including phenoxy) is 1. The molecule has 0 spiro atoms. The molecule has 0 aliphatic carbocycles. The fourth-order valence-corrected chi connectivity index (χ4v) is 1.64.